The number of unbranched alkanes of at least 4 members (excludes halogenated alkanes) is 15. The molecule has 2 nitrogen and oxygen atoms in total. The SMILES string of the molecule is CCCCCCCCCCCCCCCCCCN=C=NC(C)(C)C. The van der Waals surface area contributed by atoms with Crippen molar-refractivity contribution >= 4 is 6.01 Å². The highest BCUT2D eigenvalue weighted by atomic mass is 14.9. The fourth-order valence-corrected chi connectivity index (χ4v) is 2.97. The summed E-state index contributed by atoms with van der Waals surface area (Å²) in [5, 5.41) is 0. The first kappa shape index (κ1) is 24.4. The minimum absolute atomic E-state index is 0.0435. The monoisotopic (exact) mass is 350 g/mol. The molecule has 0 aliphatic carbocycles. The highest BCUT2D eigenvalue weighted by Gasteiger charge is 2.03. The second kappa shape index (κ2) is 18.2. The Labute approximate surface area is 159 Å². The molecule has 0 aromatic carbocycles. The second-order valence-corrected chi connectivity index (χ2v) is 8.57. The van der Waals surface area contributed by atoms with Gasteiger partial charge < -0.3 is 0 Å². The molecule has 148 valence electrons. The molecule has 0 amide bonds. The first-order valence-electron chi connectivity index (χ1n) is 11.2. The fraction of sp³-hybridized carbons (Fsp3) is 0.957. The van der Waals surface area contributed by atoms with Crippen LogP contribution in [0.2, 0.25) is 0 Å². The smallest absolute Gasteiger partial charge is 0.0898 e. The van der Waals surface area contributed by atoms with Gasteiger partial charge in [-0.1, -0.05) is 103 Å². The van der Waals surface area contributed by atoms with Crippen molar-refractivity contribution in [2.45, 2.75) is 136 Å². The van der Waals surface area contributed by atoms with Crippen LogP contribution in [-0.2, 0) is 0 Å². The first-order chi connectivity index (χ1) is 12.1. The fourth-order valence-electron chi connectivity index (χ4n) is 2.97. The normalized spacial score (nSPS) is 11.4. The van der Waals surface area contributed by atoms with E-state index in [-0.39, 0.29) is 5.54 Å². The Morgan fingerprint density at radius 1 is 0.560 bits per heavy atom. The van der Waals surface area contributed by atoms with E-state index in [2.05, 4.69) is 43.7 Å². The molecule has 0 aliphatic heterocycles. The minimum atomic E-state index is -0.0435. The lowest BCUT2D eigenvalue weighted by Gasteiger charge is -2.06. The third-order valence-corrected chi connectivity index (χ3v) is 4.58. The van der Waals surface area contributed by atoms with E-state index in [0.717, 1.165) is 6.54 Å². The van der Waals surface area contributed by atoms with Gasteiger partial charge in [-0.25, -0.2) is 9.98 Å². The second-order valence-electron chi connectivity index (χ2n) is 8.57. The molecule has 0 fully saturated rings. The molecule has 0 saturated heterocycles. The van der Waals surface area contributed by atoms with Crippen molar-refractivity contribution in [1.29, 1.82) is 0 Å². The molecule has 0 atom stereocenters. The lowest BCUT2D eigenvalue weighted by Crippen LogP contribution is -2.08. The molecule has 0 unspecified atom stereocenters. The number of hydrogen-bond acceptors (Lipinski definition) is 2. The van der Waals surface area contributed by atoms with E-state index in [9.17, 15) is 0 Å². The Morgan fingerprint density at radius 3 is 1.28 bits per heavy atom. The molecule has 0 heterocycles. The van der Waals surface area contributed by atoms with Crippen LogP contribution in [0.5, 0.6) is 0 Å². The van der Waals surface area contributed by atoms with E-state index in [1.165, 1.54) is 103 Å². The first-order valence-corrected chi connectivity index (χ1v) is 11.2. The van der Waals surface area contributed by atoms with Gasteiger partial charge >= 0.3 is 0 Å². The number of hydrogen-bond donors (Lipinski definition) is 0. The molecule has 0 spiro atoms. The van der Waals surface area contributed by atoms with Gasteiger partial charge in [0, 0.05) is 6.54 Å². The molecule has 2 heteroatoms. The Morgan fingerprint density at radius 2 is 0.920 bits per heavy atom. The quantitative estimate of drug-likeness (QED) is 0.186. The predicted molar refractivity (Wildman–Crippen MR) is 114 cm³/mol. The average Bonchev–Trinajstić information content (AvgIpc) is 2.56. The van der Waals surface area contributed by atoms with E-state index in [1.807, 2.05) is 0 Å². The maximum absolute atomic E-state index is 4.25. The maximum atomic E-state index is 4.25. The number of nitrogens with zero attached hydrogens (tertiary/aromatic N) is 2. The number of rotatable bonds is 17. The van der Waals surface area contributed by atoms with E-state index < -0.39 is 0 Å². The van der Waals surface area contributed by atoms with Crippen LogP contribution in [0.3, 0.4) is 0 Å². The summed E-state index contributed by atoms with van der Waals surface area (Å²) in [4.78, 5) is 8.49. The summed E-state index contributed by atoms with van der Waals surface area (Å²) in [6, 6.07) is 2.83. The Hall–Kier alpha value is -0.620. The largest absolute Gasteiger partial charge is 0.226 e. The third-order valence-electron chi connectivity index (χ3n) is 4.58. The predicted octanol–water partition coefficient (Wildman–Crippen LogP) is 8.22. The number of aliphatic imine (C=N–C) groups is 2. The summed E-state index contributed by atoms with van der Waals surface area (Å²) in [5.74, 6) is 0. The van der Waals surface area contributed by atoms with E-state index in [0.29, 0.717) is 0 Å². The zero-order valence-electron chi connectivity index (χ0n) is 17.9. The molecule has 0 saturated carbocycles. The van der Waals surface area contributed by atoms with Crippen LogP contribution in [0.25, 0.3) is 0 Å². The molecular formula is C23H46N2. The van der Waals surface area contributed by atoms with Crippen LogP contribution < -0.4 is 0 Å². The third kappa shape index (κ3) is 23.4. The van der Waals surface area contributed by atoms with Crippen molar-refractivity contribution in [2.24, 2.45) is 9.98 Å². The lowest BCUT2D eigenvalue weighted by molar-refractivity contribution is 0.530. The molecule has 0 radical (unpaired) electrons. The van der Waals surface area contributed by atoms with E-state index in [1.54, 1.807) is 0 Å². The van der Waals surface area contributed by atoms with Gasteiger partial charge in [-0.3, -0.25) is 0 Å². The van der Waals surface area contributed by atoms with E-state index in [4.69, 9.17) is 0 Å². The summed E-state index contributed by atoms with van der Waals surface area (Å²) < 4.78 is 0. The van der Waals surface area contributed by atoms with Crippen LogP contribution >= 0.6 is 0 Å². The van der Waals surface area contributed by atoms with Crippen LogP contribution in [0.15, 0.2) is 9.98 Å². The average molecular weight is 351 g/mol. The molecule has 0 bridgehead atoms. The molecule has 0 rings (SSSR count). The van der Waals surface area contributed by atoms with Crippen LogP contribution in [0.1, 0.15) is 130 Å². The summed E-state index contributed by atoms with van der Waals surface area (Å²) >= 11 is 0. The van der Waals surface area contributed by atoms with Crippen molar-refractivity contribution in [3.8, 4) is 0 Å². The van der Waals surface area contributed by atoms with Gasteiger partial charge in [-0.2, -0.15) is 0 Å². The van der Waals surface area contributed by atoms with Crippen molar-refractivity contribution in [2.75, 3.05) is 6.54 Å². The maximum Gasteiger partial charge on any atom is 0.0898 e. The molecule has 0 N–H and O–H groups in total. The van der Waals surface area contributed by atoms with Gasteiger partial charge in [0.25, 0.3) is 0 Å². The Bertz CT molecular complexity index is 321. The molecule has 25 heavy (non-hydrogen) atoms. The Kier molecular flexibility index (Phi) is 17.7. The van der Waals surface area contributed by atoms with Crippen LogP contribution in [0.4, 0.5) is 0 Å². The summed E-state index contributed by atoms with van der Waals surface area (Å²) in [5.41, 5.74) is -0.0435. The summed E-state index contributed by atoms with van der Waals surface area (Å²) in [7, 11) is 0. The van der Waals surface area contributed by atoms with Crippen molar-refractivity contribution in [1.82, 2.24) is 0 Å². The highest BCUT2D eigenvalue weighted by Crippen LogP contribution is 2.13. The molecule has 0 aromatic heterocycles. The molecule has 0 aliphatic rings. The van der Waals surface area contributed by atoms with Gasteiger partial charge in [0.15, 0.2) is 0 Å². The topological polar surface area (TPSA) is 24.7 Å². The van der Waals surface area contributed by atoms with Crippen molar-refractivity contribution in [3.63, 3.8) is 0 Å². The summed E-state index contributed by atoms with van der Waals surface area (Å²) in [6.45, 7) is 9.40. The Balaban J connectivity index is 3.13. The van der Waals surface area contributed by atoms with E-state index >= 15 is 0 Å². The van der Waals surface area contributed by atoms with Crippen molar-refractivity contribution in [3.05, 3.63) is 0 Å². The van der Waals surface area contributed by atoms with Gasteiger partial charge in [0.2, 0.25) is 0 Å². The standard InChI is InChI=1S/C23H46N2/c1-5-6-7-8-9-10-11-12-13-14-15-16-17-18-19-20-21-24-22-25-23(2,3)4/h5-21H2,1-4H3. The summed E-state index contributed by atoms with van der Waals surface area (Å²) in [6.07, 6.45) is 22.6. The highest BCUT2D eigenvalue weighted by molar-refractivity contribution is 5.42. The van der Waals surface area contributed by atoms with Gasteiger partial charge in [0.1, 0.15) is 0 Å². The zero-order valence-corrected chi connectivity index (χ0v) is 17.9. The van der Waals surface area contributed by atoms with Crippen LogP contribution in [-0.4, -0.2) is 18.1 Å². The van der Waals surface area contributed by atoms with Gasteiger partial charge in [-0.15, -0.1) is 0 Å². The minimum Gasteiger partial charge on any atom is -0.226 e. The van der Waals surface area contributed by atoms with Crippen molar-refractivity contribution < 1.29 is 0 Å². The lowest BCUT2D eigenvalue weighted by atomic mass is 10.0. The van der Waals surface area contributed by atoms with Gasteiger partial charge in [-0.05, 0) is 27.2 Å². The zero-order chi connectivity index (χ0) is 18.6. The van der Waals surface area contributed by atoms with Gasteiger partial charge in [0.05, 0.1) is 11.5 Å². The molecular weight excluding hydrogens is 304 g/mol. The van der Waals surface area contributed by atoms with Crippen LogP contribution in [0, 0.1) is 0 Å². The molecule has 0 aromatic rings.